The van der Waals surface area contributed by atoms with Gasteiger partial charge in [-0.3, -0.25) is 4.79 Å². The molecule has 1 fully saturated rings. The minimum absolute atomic E-state index is 0.126. The molecule has 1 unspecified atom stereocenters. The fourth-order valence-electron chi connectivity index (χ4n) is 3.04. The molecule has 24 heavy (non-hydrogen) atoms. The number of amides is 1. The average Bonchev–Trinajstić information content (AvgIpc) is 2.62. The van der Waals surface area contributed by atoms with Gasteiger partial charge in [-0.15, -0.1) is 0 Å². The second kappa shape index (κ2) is 7.29. The van der Waals surface area contributed by atoms with Crippen molar-refractivity contribution in [3.05, 3.63) is 65.2 Å². The summed E-state index contributed by atoms with van der Waals surface area (Å²) in [4.78, 5) is 14.6. The molecule has 0 spiro atoms. The smallest absolute Gasteiger partial charge is 0.244 e. The minimum atomic E-state index is -0.175. The average molecular weight is 319 g/mol. The van der Waals surface area contributed by atoms with E-state index in [0.29, 0.717) is 12.1 Å². The molecule has 0 saturated carbocycles. The van der Waals surface area contributed by atoms with Crippen LogP contribution in [-0.2, 0) is 11.3 Å². The first-order valence-electron chi connectivity index (χ1n) is 8.28. The van der Waals surface area contributed by atoms with Gasteiger partial charge in [0.15, 0.2) is 0 Å². The van der Waals surface area contributed by atoms with Gasteiger partial charge in [-0.1, -0.05) is 29.8 Å². The van der Waals surface area contributed by atoms with Gasteiger partial charge in [-0.25, -0.2) is 0 Å². The standard InChI is InChI=1S/C20H21N3O/c1-15-7-9-18(10-8-15)23-11-3-6-19(20(23)24)22-14-17-5-2-4-16(12-17)13-21/h2,4-5,7-10,12,19,22H,3,6,11,14H2,1H3. The lowest BCUT2D eigenvalue weighted by Gasteiger charge is -2.33. The summed E-state index contributed by atoms with van der Waals surface area (Å²) in [7, 11) is 0. The van der Waals surface area contributed by atoms with E-state index in [2.05, 4.69) is 11.4 Å². The highest BCUT2D eigenvalue weighted by atomic mass is 16.2. The summed E-state index contributed by atoms with van der Waals surface area (Å²) in [6.07, 6.45) is 1.83. The predicted molar refractivity (Wildman–Crippen MR) is 94.6 cm³/mol. The van der Waals surface area contributed by atoms with E-state index in [4.69, 9.17) is 5.26 Å². The Labute approximate surface area is 142 Å². The molecule has 1 atom stereocenters. The number of nitrogens with one attached hydrogen (secondary N) is 1. The van der Waals surface area contributed by atoms with Crippen LogP contribution in [0.2, 0.25) is 0 Å². The van der Waals surface area contributed by atoms with Gasteiger partial charge in [0.2, 0.25) is 5.91 Å². The van der Waals surface area contributed by atoms with Crippen molar-refractivity contribution in [3.63, 3.8) is 0 Å². The predicted octanol–water partition coefficient (Wildman–Crippen LogP) is 3.15. The van der Waals surface area contributed by atoms with E-state index in [1.807, 2.05) is 54.3 Å². The minimum Gasteiger partial charge on any atom is -0.311 e. The number of piperidine rings is 1. The van der Waals surface area contributed by atoms with Crippen LogP contribution in [0.5, 0.6) is 0 Å². The molecule has 1 heterocycles. The van der Waals surface area contributed by atoms with E-state index >= 15 is 0 Å². The summed E-state index contributed by atoms with van der Waals surface area (Å²) in [6, 6.07) is 17.5. The first-order chi connectivity index (χ1) is 11.7. The normalized spacial score (nSPS) is 17.6. The summed E-state index contributed by atoms with van der Waals surface area (Å²) in [5.74, 6) is 0.126. The number of hydrogen-bond acceptors (Lipinski definition) is 3. The zero-order valence-electron chi connectivity index (χ0n) is 13.8. The van der Waals surface area contributed by atoms with Gasteiger partial charge < -0.3 is 10.2 Å². The summed E-state index contributed by atoms with van der Waals surface area (Å²) in [5, 5.41) is 12.3. The molecule has 0 aromatic heterocycles. The van der Waals surface area contributed by atoms with Gasteiger partial charge in [0.1, 0.15) is 0 Å². The molecule has 1 N–H and O–H groups in total. The van der Waals surface area contributed by atoms with Crippen LogP contribution in [0.25, 0.3) is 0 Å². The van der Waals surface area contributed by atoms with Crippen LogP contribution in [0.15, 0.2) is 48.5 Å². The van der Waals surface area contributed by atoms with Gasteiger partial charge in [0.05, 0.1) is 17.7 Å². The van der Waals surface area contributed by atoms with Crippen molar-refractivity contribution in [3.8, 4) is 6.07 Å². The SMILES string of the molecule is Cc1ccc(N2CCCC(NCc3cccc(C#N)c3)C2=O)cc1. The molecule has 1 amide bonds. The number of nitriles is 1. The maximum absolute atomic E-state index is 12.8. The van der Waals surface area contributed by atoms with Crippen molar-refractivity contribution >= 4 is 11.6 Å². The van der Waals surface area contributed by atoms with E-state index in [-0.39, 0.29) is 11.9 Å². The van der Waals surface area contributed by atoms with E-state index < -0.39 is 0 Å². The first-order valence-corrected chi connectivity index (χ1v) is 8.28. The highest BCUT2D eigenvalue weighted by Crippen LogP contribution is 2.21. The monoisotopic (exact) mass is 319 g/mol. The maximum atomic E-state index is 12.8. The number of rotatable bonds is 4. The zero-order valence-corrected chi connectivity index (χ0v) is 13.8. The molecular formula is C20H21N3O. The quantitative estimate of drug-likeness (QED) is 0.942. The number of benzene rings is 2. The number of anilines is 1. The summed E-state index contributed by atoms with van der Waals surface area (Å²) >= 11 is 0. The molecule has 122 valence electrons. The highest BCUT2D eigenvalue weighted by molar-refractivity contribution is 5.97. The third-order valence-electron chi connectivity index (χ3n) is 4.39. The van der Waals surface area contributed by atoms with Crippen LogP contribution in [0.4, 0.5) is 5.69 Å². The number of carbonyl (C=O) groups excluding carboxylic acids is 1. The van der Waals surface area contributed by atoms with Crippen LogP contribution in [-0.4, -0.2) is 18.5 Å². The maximum Gasteiger partial charge on any atom is 0.244 e. The van der Waals surface area contributed by atoms with Gasteiger partial charge in [-0.2, -0.15) is 5.26 Å². The molecule has 3 rings (SSSR count). The van der Waals surface area contributed by atoms with E-state index in [1.54, 1.807) is 6.07 Å². The second-order valence-electron chi connectivity index (χ2n) is 6.21. The lowest BCUT2D eigenvalue weighted by Crippen LogP contribution is -2.50. The molecule has 0 bridgehead atoms. The lowest BCUT2D eigenvalue weighted by molar-refractivity contribution is -0.121. The molecule has 0 aliphatic carbocycles. The fraction of sp³-hybridized carbons (Fsp3) is 0.300. The van der Waals surface area contributed by atoms with Crippen LogP contribution in [0.1, 0.15) is 29.5 Å². The number of nitrogens with zero attached hydrogens (tertiary/aromatic N) is 2. The molecule has 4 nitrogen and oxygen atoms in total. The Morgan fingerprint density at radius 2 is 2.04 bits per heavy atom. The van der Waals surface area contributed by atoms with Crippen molar-refractivity contribution in [2.75, 3.05) is 11.4 Å². The zero-order chi connectivity index (χ0) is 16.9. The highest BCUT2D eigenvalue weighted by Gasteiger charge is 2.29. The van der Waals surface area contributed by atoms with Crippen molar-refractivity contribution in [1.82, 2.24) is 5.32 Å². The van der Waals surface area contributed by atoms with Gasteiger partial charge in [0.25, 0.3) is 0 Å². The Hall–Kier alpha value is -2.64. The molecular weight excluding hydrogens is 298 g/mol. The van der Waals surface area contributed by atoms with Gasteiger partial charge in [-0.05, 0) is 49.6 Å². The number of hydrogen-bond donors (Lipinski definition) is 1. The van der Waals surface area contributed by atoms with Gasteiger partial charge in [0, 0.05) is 18.8 Å². The topological polar surface area (TPSA) is 56.1 Å². The summed E-state index contributed by atoms with van der Waals surface area (Å²) < 4.78 is 0. The third kappa shape index (κ3) is 3.64. The van der Waals surface area contributed by atoms with Crippen molar-refractivity contribution < 1.29 is 4.79 Å². The largest absolute Gasteiger partial charge is 0.311 e. The van der Waals surface area contributed by atoms with Crippen molar-refractivity contribution in [2.24, 2.45) is 0 Å². The Kier molecular flexibility index (Phi) is 4.93. The van der Waals surface area contributed by atoms with Crippen LogP contribution in [0, 0.1) is 18.3 Å². The summed E-state index contributed by atoms with van der Waals surface area (Å²) in [5.41, 5.74) is 3.82. The summed E-state index contributed by atoms with van der Waals surface area (Å²) in [6.45, 7) is 3.40. The molecule has 0 radical (unpaired) electrons. The van der Waals surface area contributed by atoms with Gasteiger partial charge >= 0.3 is 0 Å². The van der Waals surface area contributed by atoms with Crippen molar-refractivity contribution in [2.45, 2.75) is 32.4 Å². The number of carbonyl (C=O) groups is 1. The third-order valence-corrected chi connectivity index (χ3v) is 4.39. The lowest BCUT2D eigenvalue weighted by atomic mass is 10.0. The molecule has 1 saturated heterocycles. The fourth-order valence-corrected chi connectivity index (χ4v) is 3.04. The van der Waals surface area contributed by atoms with Crippen LogP contribution >= 0.6 is 0 Å². The van der Waals surface area contributed by atoms with E-state index in [1.165, 1.54) is 5.56 Å². The second-order valence-corrected chi connectivity index (χ2v) is 6.21. The van der Waals surface area contributed by atoms with E-state index in [0.717, 1.165) is 30.6 Å². The molecule has 2 aromatic carbocycles. The first kappa shape index (κ1) is 16.2. The Bertz CT molecular complexity index is 761. The van der Waals surface area contributed by atoms with Crippen molar-refractivity contribution in [1.29, 1.82) is 5.26 Å². The number of aryl methyl sites for hydroxylation is 1. The van der Waals surface area contributed by atoms with Crippen LogP contribution in [0.3, 0.4) is 0 Å². The molecule has 2 aromatic rings. The van der Waals surface area contributed by atoms with Crippen LogP contribution < -0.4 is 10.2 Å². The Balaban J connectivity index is 1.66. The Morgan fingerprint density at radius 1 is 1.25 bits per heavy atom. The van der Waals surface area contributed by atoms with E-state index in [9.17, 15) is 4.79 Å². The molecule has 1 aliphatic heterocycles. The molecule has 4 heteroatoms. The molecule has 1 aliphatic rings. The Morgan fingerprint density at radius 3 is 2.79 bits per heavy atom.